The van der Waals surface area contributed by atoms with E-state index < -0.39 is 0 Å². The molecule has 5 aromatic rings. The molecule has 0 atom stereocenters. The Hall–Kier alpha value is -4.91. The average molecular weight is 490 g/mol. The lowest BCUT2D eigenvalue weighted by atomic mass is 10.2. The Morgan fingerprint density at radius 3 is 2.54 bits per heavy atom. The van der Waals surface area contributed by atoms with E-state index in [1.807, 2.05) is 83.4 Å². The molecule has 37 heavy (non-hydrogen) atoms. The second kappa shape index (κ2) is 10.8. The Kier molecular flexibility index (Phi) is 6.94. The van der Waals surface area contributed by atoms with E-state index in [2.05, 4.69) is 16.9 Å². The molecule has 1 amide bonds. The molecule has 0 unspecified atom stereocenters. The summed E-state index contributed by atoms with van der Waals surface area (Å²) in [6.45, 7) is 4.77. The molecule has 0 saturated carbocycles. The molecule has 184 valence electrons. The van der Waals surface area contributed by atoms with Crippen LogP contribution in [0.5, 0.6) is 11.5 Å². The second-order valence-electron chi connectivity index (χ2n) is 8.65. The summed E-state index contributed by atoms with van der Waals surface area (Å²) in [6, 6.07) is 28.6. The van der Waals surface area contributed by atoms with Crippen molar-refractivity contribution in [3.63, 3.8) is 0 Å². The second-order valence-corrected chi connectivity index (χ2v) is 8.65. The van der Waals surface area contributed by atoms with E-state index in [0.29, 0.717) is 47.9 Å². The Morgan fingerprint density at radius 1 is 0.946 bits per heavy atom. The lowest BCUT2D eigenvalue weighted by Crippen LogP contribution is -2.25. The van der Waals surface area contributed by atoms with Crippen LogP contribution in [-0.2, 0) is 13.0 Å². The van der Waals surface area contributed by atoms with Crippen LogP contribution in [0.4, 0.5) is 0 Å². The molecular weight excluding hydrogens is 462 g/mol. The van der Waals surface area contributed by atoms with Gasteiger partial charge in [-0.3, -0.25) is 9.78 Å². The zero-order valence-electron chi connectivity index (χ0n) is 20.3. The number of nitrogens with one attached hydrogen (secondary N) is 1. The van der Waals surface area contributed by atoms with Crippen LogP contribution in [0.15, 0.2) is 109 Å². The van der Waals surface area contributed by atoms with Gasteiger partial charge in [-0.1, -0.05) is 43.0 Å². The summed E-state index contributed by atoms with van der Waals surface area (Å²) in [5, 5.41) is 2.96. The van der Waals surface area contributed by atoms with Gasteiger partial charge in [-0.15, -0.1) is 0 Å². The highest BCUT2D eigenvalue weighted by atomic mass is 16.5. The van der Waals surface area contributed by atoms with Crippen LogP contribution in [-0.4, -0.2) is 27.0 Å². The van der Waals surface area contributed by atoms with E-state index in [-0.39, 0.29) is 5.91 Å². The number of rotatable bonds is 9. The maximum atomic E-state index is 12.8. The van der Waals surface area contributed by atoms with Gasteiger partial charge in [0, 0.05) is 41.7 Å². The molecule has 0 radical (unpaired) electrons. The summed E-state index contributed by atoms with van der Waals surface area (Å²) in [6.07, 6.45) is 2.41. The molecule has 0 saturated heterocycles. The average Bonchev–Trinajstić information content (AvgIpc) is 3.27. The van der Waals surface area contributed by atoms with Crippen molar-refractivity contribution in [2.45, 2.75) is 13.0 Å². The minimum absolute atomic E-state index is 0.157. The standard InChI is InChI=1S/C30H27N5O2/c1-21(31)20-35-28-14-13-23(30(36)33-17-15-24-9-5-6-16-32-24)19-27(28)34-29(35)22-8-7-12-26(18-22)37-25-10-3-2-4-11-25/h2-14,16,18-19H,1,15,17,20,31H2,(H,33,36). The van der Waals surface area contributed by atoms with Crippen LogP contribution in [0.2, 0.25) is 0 Å². The molecule has 7 heteroatoms. The summed E-state index contributed by atoms with van der Waals surface area (Å²) in [4.78, 5) is 22.0. The number of para-hydroxylation sites is 1. The number of fused-ring (bicyclic) bond motifs is 1. The molecule has 7 nitrogen and oxygen atoms in total. The molecule has 0 aliphatic carbocycles. The van der Waals surface area contributed by atoms with Gasteiger partial charge in [0.25, 0.3) is 5.91 Å². The number of hydrogen-bond acceptors (Lipinski definition) is 5. The van der Waals surface area contributed by atoms with Crippen molar-refractivity contribution >= 4 is 16.9 Å². The number of allylic oxidation sites excluding steroid dienone is 1. The number of carbonyl (C=O) groups is 1. The van der Waals surface area contributed by atoms with Crippen molar-refractivity contribution in [1.82, 2.24) is 19.9 Å². The number of aromatic nitrogens is 3. The molecule has 3 N–H and O–H groups in total. The highest BCUT2D eigenvalue weighted by molar-refractivity contribution is 5.98. The van der Waals surface area contributed by atoms with E-state index in [9.17, 15) is 4.79 Å². The van der Waals surface area contributed by atoms with Crippen molar-refractivity contribution < 1.29 is 9.53 Å². The first kappa shape index (κ1) is 23.8. The Labute approximate surface area is 215 Å². The first-order valence-corrected chi connectivity index (χ1v) is 12.0. The minimum atomic E-state index is -0.157. The maximum Gasteiger partial charge on any atom is 0.251 e. The van der Waals surface area contributed by atoms with Crippen molar-refractivity contribution in [3.05, 3.63) is 121 Å². The molecule has 0 bridgehead atoms. The number of amides is 1. The number of hydrogen-bond donors (Lipinski definition) is 2. The van der Waals surface area contributed by atoms with Gasteiger partial charge in [0.2, 0.25) is 0 Å². The van der Waals surface area contributed by atoms with Crippen molar-refractivity contribution in [2.75, 3.05) is 6.54 Å². The van der Waals surface area contributed by atoms with Gasteiger partial charge in [-0.25, -0.2) is 4.98 Å². The van der Waals surface area contributed by atoms with Crippen LogP contribution in [0.25, 0.3) is 22.4 Å². The van der Waals surface area contributed by atoms with Crippen molar-refractivity contribution in [2.24, 2.45) is 5.73 Å². The lowest BCUT2D eigenvalue weighted by molar-refractivity contribution is 0.0954. The smallest absolute Gasteiger partial charge is 0.251 e. The van der Waals surface area contributed by atoms with E-state index in [1.165, 1.54) is 0 Å². The number of imidazole rings is 1. The maximum absolute atomic E-state index is 12.8. The Bertz CT molecular complexity index is 1540. The quantitative estimate of drug-likeness (QED) is 0.292. The van der Waals surface area contributed by atoms with Crippen molar-refractivity contribution in [3.8, 4) is 22.9 Å². The number of ether oxygens (including phenoxy) is 1. The van der Waals surface area contributed by atoms with Gasteiger partial charge < -0.3 is 20.4 Å². The molecule has 2 aromatic heterocycles. The summed E-state index contributed by atoms with van der Waals surface area (Å²) in [5.74, 6) is 2.01. The fourth-order valence-corrected chi connectivity index (χ4v) is 4.13. The van der Waals surface area contributed by atoms with E-state index in [4.69, 9.17) is 15.5 Å². The monoisotopic (exact) mass is 489 g/mol. The van der Waals surface area contributed by atoms with Crippen LogP contribution >= 0.6 is 0 Å². The first-order chi connectivity index (χ1) is 18.1. The predicted octanol–water partition coefficient (Wildman–Crippen LogP) is 5.34. The molecular formula is C30H27N5O2. The number of nitrogens with zero attached hydrogens (tertiary/aromatic N) is 3. The van der Waals surface area contributed by atoms with E-state index >= 15 is 0 Å². The third-order valence-electron chi connectivity index (χ3n) is 5.84. The lowest BCUT2D eigenvalue weighted by Gasteiger charge is -2.11. The third-order valence-corrected chi connectivity index (χ3v) is 5.84. The van der Waals surface area contributed by atoms with E-state index in [0.717, 1.165) is 22.5 Å². The normalized spacial score (nSPS) is 10.8. The molecule has 3 aromatic carbocycles. The zero-order valence-corrected chi connectivity index (χ0v) is 20.3. The topological polar surface area (TPSA) is 95.1 Å². The number of nitrogens with two attached hydrogens (primary N) is 1. The molecule has 0 aliphatic heterocycles. The summed E-state index contributed by atoms with van der Waals surface area (Å²) in [7, 11) is 0. The van der Waals surface area contributed by atoms with Gasteiger partial charge in [0.15, 0.2) is 0 Å². The van der Waals surface area contributed by atoms with Crippen molar-refractivity contribution in [1.29, 1.82) is 0 Å². The molecule has 5 rings (SSSR count). The highest BCUT2D eigenvalue weighted by Crippen LogP contribution is 2.30. The number of pyridine rings is 1. The molecule has 0 spiro atoms. The minimum Gasteiger partial charge on any atom is -0.457 e. The van der Waals surface area contributed by atoms with Gasteiger partial charge in [0.1, 0.15) is 17.3 Å². The largest absolute Gasteiger partial charge is 0.457 e. The fourth-order valence-electron chi connectivity index (χ4n) is 4.13. The predicted molar refractivity (Wildman–Crippen MR) is 145 cm³/mol. The SMILES string of the molecule is C=C(N)Cn1c(-c2cccc(Oc3ccccc3)c2)nc2cc(C(=O)NCCc3ccccn3)ccc21. The van der Waals surface area contributed by atoms with Gasteiger partial charge in [-0.05, 0) is 54.6 Å². The molecule has 0 aliphatic rings. The van der Waals surface area contributed by atoms with Crippen LogP contribution in [0.3, 0.4) is 0 Å². The zero-order chi connectivity index (χ0) is 25.6. The fraction of sp³-hybridized carbons (Fsp3) is 0.100. The Morgan fingerprint density at radius 2 is 1.76 bits per heavy atom. The number of benzene rings is 3. The third kappa shape index (κ3) is 5.67. The highest BCUT2D eigenvalue weighted by Gasteiger charge is 2.16. The van der Waals surface area contributed by atoms with Crippen LogP contribution in [0, 0.1) is 0 Å². The Balaban J connectivity index is 1.41. The first-order valence-electron chi connectivity index (χ1n) is 12.0. The summed E-state index contributed by atoms with van der Waals surface area (Å²) >= 11 is 0. The van der Waals surface area contributed by atoms with E-state index in [1.54, 1.807) is 18.3 Å². The molecule has 2 heterocycles. The summed E-state index contributed by atoms with van der Waals surface area (Å²) < 4.78 is 8.02. The number of carbonyl (C=O) groups excluding carboxylic acids is 1. The summed E-state index contributed by atoms with van der Waals surface area (Å²) in [5.41, 5.74) is 10.4. The molecule has 0 fully saturated rings. The van der Waals surface area contributed by atoms with Gasteiger partial charge in [-0.2, -0.15) is 0 Å². The van der Waals surface area contributed by atoms with Crippen LogP contribution < -0.4 is 15.8 Å². The van der Waals surface area contributed by atoms with Crippen LogP contribution in [0.1, 0.15) is 16.1 Å². The van der Waals surface area contributed by atoms with Gasteiger partial charge >= 0.3 is 0 Å². The van der Waals surface area contributed by atoms with Gasteiger partial charge in [0.05, 0.1) is 17.6 Å².